The maximum atomic E-state index is 2.48. The number of para-hydroxylation sites is 2. The van der Waals surface area contributed by atoms with Crippen LogP contribution in [-0.2, 0) is 5.41 Å². The smallest absolute Gasteiger partial charge is 0.0640 e. The fourth-order valence-corrected chi connectivity index (χ4v) is 10.3. The monoisotopic (exact) mass is 708 g/mol. The number of rotatable bonds is 5. The number of benzene rings is 8. The van der Waals surface area contributed by atoms with Crippen LogP contribution in [0.5, 0.6) is 0 Å². The summed E-state index contributed by atoms with van der Waals surface area (Å²) in [5.41, 5.74) is 14.9. The Morgan fingerprint density at radius 3 is 1.87 bits per heavy atom. The highest BCUT2D eigenvalue weighted by molar-refractivity contribution is 7.26. The van der Waals surface area contributed by atoms with Crippen molar-refractivity contribution in [2.75, 3.05) is 4.90 Å². The van der Waals surface area contributed by atoms with Crippen molar-refractivity contribution in [3.63, 3.8) is 0 Å². The SMILES string of the molecule is CC1(C)c2ccccc2-c2ccc(N(c3ccc(-c4ccccc4)cc3)c3cccc4sc5c(-n6c7ccccc7c7ccccc76)cccc5c34)cc21. The van der Waals surface area contributed by atoms with Gasteiger partial charge in [0.15, 0.2) is 0 Å². The van der Waals surface area contributed by atoms with Crippen molar-refractivity contribution in [2.45, 2.75) is 19.3 Å². The molecule has 2 heterocycles. The van der Waals surface area contributed by atoms with Crippen molar-refractivity contribution in [1.82, 2.24) is 4.57 Å². The lowest BCUT2D eigenvalue weighted by atomic mass is 9.82. The fourth-order valence-electron chi connectivity index (χ4n) is 9.05. The molecule has 0 aliphatic heterocycles. The molecule has 1 aliphatic rings. The van der Waals surface area contributed by atoms with Crippen molar-refractivity contribution < 1.29 is 0 Å². The summed E-state index contributed by atoms with van der Waals surface area (Å²) in [6, 6.07) is 67.0. The molecule has 0 saturated heterocycles. The number of fused-ring (bicyclic) bond motifs is 9. The van der Waals surface area contributed by atoms with Gasteiger partial charge in [0.2, 0.25) is 0 Å². The van der Waals surface area contributed by atoms with Crippen LogP contribution < -0.4 is 4.90 Å². The van der Waals surface area contributed by atoms with Crippen LogP contribution in [0.25, 0.3) is 69.9 Å². The van der Waals surface area contributed by atoms with E-state index in [0.29, 0.717) is 0 Å². The molecule has 0 bridgehead atoms. The van der Waals surface area contributed by atoms with Crippen molar-refractivity contribution in [3.05, 3.63) is 193 Å². The average Bonchev–Trinajstić information content (AvgIpc) is 3.85. The highest BCUT2D eigenvalue weighted by Crippen LogP contribution is 2.52. The Balaban J connectivity index is 1.15. The third-order valence-electron chi connectivity index (χ3n) is 11.6. The van der Waals surface area contributed by atoms with Crippen LogP contribution >= 0.6 is 11.3 Å². The highest BCUT2D eigenvalue weighted by Gasteiger charge is 2.36. The molecular formula is C51H36N2S. The number of hydrogen-bond acceptors (Lipinski definition) is 2. The van der Waals surface area contributed by atoms with E-state index in [1.165, 1.54) is 86.7 Å². The van der Waals surface area contributed by atoms with Crippen molar-refractivity contribution in [3.8, 4) is 27.9 Å². The molecule has 1 aliphatic carbocycles. The summed E-state index contributed by atoms with van der Waals surface area (Å²) in [6.45, 7) is 4.73. The van der Waals surface area contributed by atoms with Crippen LogP contribution in [0.2, 0.25) is 0 Å². The first-order valence-electron chi connectivity index (χ1n) is 18.7. The van der Waals surface area contributed by atoms with Gasteiger partial charge >= 0.3 is 0 Å². The second-order valence-corrected chi connectivity index (χ2v) is 16.0. The molecular weight excluding hydrogens is 673 g/mol. The fraction of sp³-hybridized carbons (Fsp3) is 0.0588. The van der Waals surface area contributed by atoms with Crippen molar-refractivity contribution in [2.24, 2.45) is 0 Å². The third kappa shape index (κ3) is 4.52. The van der Waals surface area contributed by atoms with Gasteiger partial charge in [-0.1, -0.05) is 141 Å². The summed E-state index contributed by atoms with van der Waals surface area (Å²) in [5.74, 6) is 0. The van der Waals surface area contributed by atoms with E-state index >= 15 is 0 Å². The van der Waals surface area contributed by atoms with E-state index in [4.69, 9.17) is 0 Å². The first-order chi connectivity index (χ1) is 26.6. The van der Waals surface area contributed by atoms with E-state index in [1.807, 2.05) is 11.3 Å². The average molecular weight is 709 g/mol. The van der Waals surface area contributed by atoms with Gasteiger partial charge in [-0.15, -0.1) is 11.3 Å². The van der Waals surface area contributed by atoms with Crippen LogP contribution in [0.15, 0.2) is 182 Å². The number of anilines is 3. The zero-order valence-corrected chi connectivity index (χ0v) is 30.9. The molecule has 0 radical (unpaired) electrons. The van der Waals surface area contributed by atoms with Crippen LogP contribution in [0, 0.1) is 0 Å². The molecule has 0 spiro atoms. The summed E-state index contributed by atoms with van der Waals surface area (Å²) in [7, 11) is 0. The molecule has 54 heavy (non-hydrogen) atoms. The normalized spacial score (nSPS) is 13.1. The van der Waals surface area contributed by atoms with E-state index in [-0.39, 0.29) is 5.41 Å². The van der Waals surface area contributed by atoms with Gasteiger partial charge in [-0.2, -0.15) is 0 Å². The summed E-state index contributed by atoms with van der Waals surface area (Å²) in [5, 5.41) is 5.09. The predicted octanol–water partition coefficient (Wildman–Crippen LogP) is 14.6. The van der Waals surface area contributed by atoms with Gasteiger partial charge in [0.1, 0.15) is 0 Å². The second kappa shape index (κ2) is 11.8. The van der Waals surface area contributed by atoms with Gasteiger partial charge in [0.05, 0.1) is 27.1 Å². The second-order valence-electron chi connectivity index (χ2n) is 14.9. The van der Waals surface area contributed by atoms with E-state index in [2.05, 4.69) is 205 Å². The van der Waals surface area contributed by atoms with Crippen LogP contribution in [0.1, 0.15) is 25.0 Å². The molecule has 10 aromatic rings. The molecule has 0 amide bonds. The first-order valence-corrected chi connectivity index (χ1v) is 19.5. The minimum atomic E-state index is -0.108. The van der Waals surface area contributed by atoms with Crippen LogP contribution in [0.4, 0.5) is 17.1 Å². The zero-order valence-electron chi connectivity index (χ0n) is 30.1. The Morgan fingerprint density at radius 2 is 1.09 bits per heavy atom. The number of nitrogens with zero attached hydrogens (tertiary/aromatic N) is 2. The largest absolute Gasteiger partial charge is 0.310 e. The molecule has 0 atom stereocenters. The Kier molecular flexibility index (Phi) is 6.80. The molecule has 2 aromatic heterocycles. The number of hydrogen-bond donors (Lipinski definition) is 0. The van der Waals surface area contributed by atoms with E-state index in [1.54, 1.807) is 0 Å². The minimum Gasteiger partial charge on any atom is -0.310 e. The number of thiophene rings is 1. The number of aromatic nitrogens is 1. The molecule has 0 N–H and O–H groups in total. The first kappa shape index (κ1) is 31.1. The molecule has 0 fully saturated rings. The lowest BCUT2D eigenvalue weighted by Gasteiger charge is -2.29. The van der Waals surface area contributed by atoms with E-state index < -0.39 is 0 Å². The molecule has 8 aromatic carbocycles. The van der Waals surface area contributed by atoms with Crippen molar-refractivity contribution in [1.29, 1.82) is 0 Å². The highest BCUT2D eigenvalue weighted by atomic mass is 32.1. The Morgan fingerprint density at radius 1 is 0.481 bits per heavy atom. The van der Waals surface area contributed by atoms with E-state index in [9.17, 15) is 0 Å². The van der Waals surface area contributed by atoms with Gasteiger partial charge in [0, 0.05) is 43.0 Å². The molecule has 2 nitrogen and oxygen atoms in total. The molecule has 3 heteroatoms. The Bertz CT molecular complexity index is 3020. The molecule has 0 saturated carbocycles. The van der Waals surface area contributed by atoms with Crippen molar-refractivity contribution >= 4 is 70.4 Å². The maximum absolute atomic E-state index is 2.48. The molecule has 0 unspecified atom stereocenters. The van der Waals surface area contributed by atoms with Gasteiger partial charge in [0.25, 0.3) is 0 Å². The van der Waals surface area contributed by atoms with E-state index in [0.717, 1.165) is 11.4 Å². The molecule has 11 rings (SSSR count). The van der Waals surface area contributed by atoms with Gasteiger partial charge in [-0.05, 0) is 88.0 Å². The lowest BCUT2D eigenvalue weighted by Crippen LogP contribution is -2.16. The molecule has 256 valence electrons. The predicted molar refractivity (Wildman–Crippen MR) is 231 cm³/mol. The topological polar surface area (TPSA) is 8.17 Å². The van der Waals surface area contributed by atoms with Gasteiger partial charge < -0.3 is 9.47 Å². The quantitative estimate of drug-likeness (QED) is 0.173. The maximum Gasteiger partial charge on any atom is 0.0640 e. The lowest BCUT2D eigenvalue weighted by molar-refractivity contribution is 0.660. The van der Waals surface area contributed by atoms with Gasteiger partial charge in [-0.25, -0.2) is 0 Å². The standard InChI is InChI=1S/C51H36N2S/c1-51(2)42-20-9-6-16-37(42)38-31-30-36(32-43(38)51)52(35-28-26-34(27-29-35)33-14-4-3-5-15-33)46-23-13-25-48-49(46)41-19-12-24-47(50(41)54-48)53-44-21-10-7-17-39(44)40-18-8-11-22-45(40)53/h3-32H,1-2H3. The third-order valence-corrected chi connectivity index (χ3v) is 12.8. The van der Waals surface area contributed by atoms with Crippen LogP contribution in [0.3, 0.4) is 0 Å². The Labute approximate surface area is 318 Å². The summed E-state index contributed by atoms with van der Waals surface area (Å²) in [6.07, 6.45) is 0. The zero-order chi connectivity index (χ0) is 36.0. The summed E-state index contributed by atoms with van der Waals surface area (Å²) in [4.78, 5) is 2.48. The van der Waals surface area contributed by atoms with Crippen LogP contribution in [-0.4, -0.2) is 4.57 Å². The summed E-state index contributed by atoms with van der Waals surface area (Å²) < 4.78 is 5.02. The minimum absolute atomic E-state index is 0.108. The summed E-state index contributed by atoms with van der Waals surface area (Å²) >= 11 is 1.89. The Hall–Kier alpha value is -6.42. The van der Waals surface area contributed by atoms with Gasteiger partial charge in [-0.3, -0.25) is 0 Å².